The van der Waals surface area contributed by atoms with Crippen LogP contribution in [0.3, 0.4) is 0 Å². The first-order valence-electron chi connectivity index (χ1n) is 9.21. The second-order valence-corrected chi connectivity index (χ2v) is 9.02. The maximum Gasteiger partial charge on any atom is 0.509 e. The van der Waals surface area contributed by atoms with Gasteiger partial charge in [0, 0.05) is 11.0 Å². The predicted molar refractivity (Wildman–Crippen MR) is 110 cm³/mol. The maximum absolute atomic E-state index is 12.4. The molecule has 0 radical (unpaired) electrons. The van der Waals surface area contributed by atoms with Crippen LogP contribution in [0.25, 0.3) is 0 Å². The molecule has 4 rings (SSSR count). The van der Waals surface area contributed by atoms with E-state index in [2.05, 4.69) is 49.9 Å². The summed E-state index contributed by atoms with van der Waals surface area (Å²) in [4.78, 5) is 12.4. The summed E-state index contributed by atoms with van der Waals surface area (Å²) >= 11 is 2.34. The SMILES string of the molecule is C=CC(O)c1ccc2c(c1[C@@H]1OC(=O)O[C@]13CCC(C)=C(I)C3(C)C)OCO2. The Labute approximate surface area is 177 Å². The average molecular weight is 498 g/mol. The number of aliphatic hydroxyl groups is 1. The van der Waals surface area contributed by atoms with Crippen LogP contribution in [0.5, 0.6) is 11.5 Å². The molecule has 1 aliphatic carbocycles. The number of hydrogen-bond acceptors (Lipinski definition) is 6. The molecule has 1 aromatic carbocycles. The number of hydrogen-bond donors (Lipinski definition) is 1. The summed E-state index contributed by atoms with van der Waals surface area (Å²) in [6.45, 7) is 10.0. The van der Waals surface area contributed by atoms with E-state index in [0.29, 0.717) is 29.0 Å². The fraction of sp³-hybridized carbons (Fsp3) is 0.476. The molecule has 3 atom stereocenters. The number of ether oxygens (including phenoxy) is 4. The van der Waals surface area contributed by atoms with Gasteiger partial charge in [-0.15, -0.1) is 6.58 Å². The van der Waals surface area contributed by atoms with E-state index in [-0.39, 0.29) is 6.79 Å². The Morgan fingerprint density at radius 2 is 2.11 bits per heavy atom. The summed E-state index contributed by atoms with van der Waals surface area (Å²) in [5.41, 5.74) is 1.04. The van der Waals surface area contributed by atoms with Gasteiger partial charge in [-0.25, -0.2) is 4.79 Å². The minimum Gasteiger partial charge on any atom is -0.454 e. The third-order valence-electron chi connectivity index (χ3n) is 6.17. The van der Waals surface area contributed by atoms with E-state index in [9.17, 15) is 9.90 Å². The van der Waals surface area contributed by atoms with Gasteiger partial charge in [-0.1, -0.05) is 31.6 Å². The number of rotatable bonds is 3. The summed E-state index contributed by atoms with van der Waals surface area (Å²) < 4.78 is 24.1. The molecular weight excluding hydrogens is 475 g/mol. The molecule has 0 aromatic heterocycles. The van der Waals surface area contributed by atoms with Crippen molar-refractivity contribution in [2.45, 2.75) is 51.4 Å². The van der Waals surface area contributed by atoms with E-state index in [1.807, 2.05) is 0 Å². The van der Waals surface area contributed by atoms with Crippen LogP contribution in [0.1, 0.15) is 56.9 Å². The van der Waals surface area contributed by atoms with Gasteiger partial charge in [0.1, 0.15) is 0 Å². The van der Waals surface area contributed by atoms with Crippen LogP contribution in [-0.4, -0.2) is 23.7 Å². The standard InChI is InChI=1S/C21H23IO6/c1-5-13(23)12-6-7-14-16(26-10-25-14)15(12)18-21(28-19(24)27-18)9-8-11(2)17(22)20(21,3)4/h5-7,13,18,23H,1,8-10H2,2-4H3/t13?,18-,21+/m0/s1. The molecule has 0 bridgehead atoms. The molecule has 1 aromatic rings. The van der Waals surface area contributed by atoms with E-state index in [1.165, 1.54) is 11.6 Å². The highest BCUT2D eigenvalue weighted by atomic mass is 127. The van der Waals surface area contributed by atoms with Crippen LogP contribution in [0.15, 0.2) is 33.9 Å². The fourth-order valence-corrected chi connectivity index (χ4v) is 5.25. The van der Waals surface area contributed by atoms with Gasteiger partial charge in [0.05, 0.1) is 6.10 Å². The van der Waals surface area contributed by atoms with Crippen LogP contribution in [-0.2, 0) is 9.47 Å². The molecule has 1 spiro atoms. The van der Waals surface area contributed by atoms with Crippen molar-refractivity contribution in [2.24, 2.45) is 5.41 Å². The Balaban J connectivity index is 1.95. The predicted octanol–water partition coefficient (Wildman–Crippen LogP) is 5.11. The van der Waals surface area contributed by atoms with Gasteiger partial charge in [-0.05, 0) is 57.6 Å². The van der Waals surface area contributed by atoms with Gasteiger partial charge in [-0.2, -0.15) is 0 Å². The van der Waals surface area contributed by atoms with Gasteiger partial charge in [0.15, 0.2) is 23.2 Å². The third kappa shape index (κ3) is 2.58. The van der Waals surface area contributed by atoms with E-state index >= 15 is 0 Å². The first-order chi connectivity index (χ1) is 13.2. The van der Waals surface area contributed by atoms with Gasteiger partial charge in [-0.3, -0.25) is 0 Å². The zero-order chi connectivity index (χ0) is 20.3. The van der Waals surface area contributed by atoms with Gasteiger partial charge < -0.3 is 24.1 Å². The van der Waals surface area contributed by atoms with Crippen molar-refractivity contribution in [3.63, 3.8) is 0 Å². The van der Waals surface area contributed by atoms with Crippen LogP contribution >= 0.6 is 22.6 Å². The fourth-order valence-electron chi connectivity index (χ4n) is 4.53. The molecule has 0 amide bonds. The number of carbonyl (C=O) groups is 1. The van der Waals surface area contributed by atoms with Crippen molar-refractivity contribution < 1.29 is 28.8 Å². The molecule has 2 heterocycles. The van der Waals surface area contributed by atoms with Crippen molar-refractivity contribution in [1.82, 2.24) is 0 Å². The molecule has 150 valence electrons. The zero-order valence-electron chi connectivity index (χ0n) is 16.1. The summed E-state index contributed by atoms with van der Waals surface area (Å²) in [7, 11) is 0. The van der Waals surface area contributed by atoms with E-state index in [0.717, 1.165) is 10.0 Å². The van der Waals surface area contributed by atoms with E-state index in [1.54, 1.807) is 12.1 Å². The quantitative estimate of drug-likeness (QED) is 0.355. The highest BCUT2D eigenvalue weighted by Gasteiger charge is 2.64. The molecule has 0 saturated carbocycles. The zero-order valence-corrected chi connectivity index (χ0v) is 18.2. The maximum atomic E-state index is 12.4. The molecule has 6 nitrogen and oxygen atoms in total. The van der Waals surface area contributed by atoms with Crippen molar-refractivity contribution in [1.29, 1.82) is 0 Å². The summed E-state index contributed by atoms with van der Waals surface area (Å²) in [5.74, 6) is 1.04. The average Bonchev–Trinajstić information content (AvgIpc) is 3.27. The van der Waals surface area contributed by atoms with Gasteiger partial charge in [0.25, 0.3) is 0 Å². The highest BCUT2D eigenvalue weighted by molar-refractivity contribution is 14.1. The second-order valence-electron chi connectivity index (χ2n) is 7.94. The molecule has 1 saturated heterocycles. The smallest absolute Gasteiger partial charge is 0.454 e. The largest absolute Gasteiger partial charge is 0.509 e. The van der Waals surface area contributed by atoms with Crippen molar-refractivity contribution in [3.05, 3.63) is 45.1 Å². The lowest BCUT2D eigenvalue weighted by molar-refractivity contribution is -0.0643. The Kier molecular flexibility index (Phi) is 4.65. The Hall–Kier alpha value is -1.74. The monoisotopic (exact) mass is 498 g/mol. The number of benzene rings is 1. The Morgan fingerprint density at radius 3 is 2.82 bits per heavy atom. The van der Waals surface area contributed by atoms with Crippen molar-refractivity contribution >= 4 is 28.7 Å². The van der Waals surface area contributed by atoms with Crippen LogP contribution in [0.4, 0.5) is 4.79 Å². The van der Waals surface area contributed by atoms with E-state index < -0.39 is 29.4 Å². The minimum absolute atomic E-state index is 0.0738. The highest BCUT2D eigenvalue weighted by Crippen LogP contribution is 2.62. The normalized spacial score (nSPS) is 28.9. The minimum atomic E-state index is -0.941. The summed E-state index contributed by atoms with van der Waals surface area (Å²) in [6.07, 6.45) is 0.449. The molecule has 28 heavy (non-hydrogen) atoms. The first-order valence-corrected chi connectivity index (χ1v) is 10.3. The van der Waals surface area contributed by atoms with Crippen LogP contribution in [0, 0.1) is 5.41 Å². The molecular formula is C21H23IO6. The Morgan fingerprint density at radius 1 is 1.36 bits per heavy atom. The number of cyclic esters (lactones) is 1. The molecule has 7 heteroatoms. The summed E-state index contributed by atoms with van der Waals surface area (Å²) in [5, 5.41) is 10.6. The van der Waals surface area contributed by atoms with Crippen LogP contribution < -0.4 is 9.47 Å². The number of fused-ring (bicyclic) bond motifs is 1. The first kappa shape index (κ1) is 19.6. The molecule has 2 aliphatic heterocycles. The molecule has 3 aliphatic rings. The van der Waals surface area contributed by atoms with Crippen molar-refractivity contribution in [2.75, 3.05) is 6.79 Å². The summed E-state index contributed by atoms with van der Waals surface area (Å²) in [6, 6.07) is 3.51. The number of allylic oxidation sites excluding steroid dienone is 1. The lowest BCUT2D eigenvalue weighted by Gasteiger charge is -2.48. The van der Waals surface area contributed by atoms with E-state index in [4.69, 9.17) is 18.9 Å². The molecule has 1 fully saturated rings. The number of aliphatic hydroxyl groups excluding tert-OH is 1. The number of halogens is 1. The molecule has 1 unspecified atom stereocenters. The van der Waals surface area contributed by atoms with Gasteiger partial charge in [0.2, 0.25) is 6.79 Å². The third-order valence-corrected chi connectivity index (χ3v) is 8.44. The van der Waals surface area contributed by atoms with Crippen molar-refractivity contribution in [3.8, 4) is 11.5 Å². The van der Waals surface area contributed by atoms with Gasteiger partial charge >= 0.3 is 6.16 Å². The molecule has 1 N–H and O–H groups in total. The lowest BCUT2D eigenvalue weighted by Crippen LogP contribution is -2.51. The topological polar surface area (TPSA) is 74.2 Å². The van der Waals surface area contributed by atoms with Crippen LogP contribution in [0.2, 0.25) is 0 Å². The second kappa shape index (κ2) is 6.66. The number of carbonyl (C=O) groups excluding carboxylic acids is 1. The Bertz CT molecular complexity index is 889. The lowest BCUT2D eigenvalue weighted by atomic mass is 9.63.